The third-order valence-electron chi connectivity index (χ3n) is 4.93. The van der Waals surface area contributed by atoms with Crippen molar-refractivity contribution in [3.8, 4) is 0 Å². The number of nitrogen functional groups attached to an aromatic ring is 4. The third-order valence-corrected chi connectivity index (χ3v) is 4.93. The van der Waals surface area contributed by atoms with Crippen LogP contribution in [0, 0.1) is 20.8 Å². The molecule has 10 nitrogen and oxygen atoms in total. The molecule has 0 radical (unpaired) electrons. The summed E-state index contributed by atoms with van der Waals surface area (Å²) in [5.74, 6) is 0. The Balaban J connectivity index is 0.000000320. The van der Waals surface area contributed by atoms with Crippen LogP contribution in [0.3, 0.4) is 0 Å². The molecule has 0 atom stereocenters. The van der Waals surface area contributed by atoms with Crippen molar-refractivity contribution < 1.29 is 19.1 Å². The van der Waals surface area contributed by atoms with Crippen molar-refractivity contribution in [1.82, 2.24) is 0 Å². The molecule has 10 heteroatoms. The van der Waals surface area contributed by atoms with E-state index in [2.05, 4.69) is 10.6 Å². The van der Waals surface area contributed by atoms with Gasteiger partial charge in [0.05, 0.1) is 34.1 Å². The second kappa shape index (κ2) is 14.7. The second-order valence-corrected chi connectivity index (χ2v) is 11.6. The molecule has 0 unspecified atom stereocenters. The molecule has 0 aliphatic carbocycles. The van der Waals surface area contributed by atoms with E-state index >= 15 is 0 Å². The molecule has 0 bridgehead atoms. The summed E-state index contributed by atoms with van der Waals surface area (Å²) >= 11 is 0. The summed E-state index contributed by atoms with van der Waals surface area (Å²) in [4.78, 5) is 23.0. The number of aryl methyl sites for hydroxylation is 3. The fourth-order valence-corrected chi connectivity index (χ4v) is 3.10. The molecule has 0 saturated carbocycles. The average Bonchev–Trinajstić information content (AvgIpc) is 2.79. The van der Waals surface area contributed by atoms with Crippen molar-refractivity contribution in [3.63, 3.8) is 0 Å². The number of anilines is 6. The molecule has 3 aromatic rings. The second-order valence-electron chi connectivity index (χ2n) is 11.6. The van der Waals surface area contributed by atoms with Gasteiger partial charge in [-0.2, -0.15) is 0 Å². The van der Waals surface area contributed by atoms with Gasteiger partial charge in [0, 0.05) is 0 Å². The Morgan fingerprint density at radius 3 is 1.34 bits per heavy atom. The van der Waals surface area contributed by atoms with E-state index in [1.807, 2.05) is 92.6 Å². The molecule has 41 heavy (non-hydrogen) atoms. The Morgan fingerprint density at radius 2 is 0.927 bits per heavy atom. The molecule has 0 aliphatic rings. The van der Waals surface area contributed by atoms with E-state index in [9.17, 15) is 9.59 Å². The Morgan fingerprint density at radius 1 is 0.537 bits per heavy atom. The van der Waals surface area contributed by atoms with Gasteiger partial charge < -0.3 is 32.4 Å². The van der Waals surface area contributed by atoms with E-state index < -0.39 is 23.4 Å². The summed E-state index contributed by atoms with van der Waals surface area (Å²) in [6, 6.07) is 16.5. The van der Waals surface area contributed by atoms with Gasteiger partial charge in [-0.05, 0) is 115 Å². The van der Waals surface area contributed by atoms with Crippen LogP contribution in [0.2, 0.25) is 0 Å². The lowest BCUT2D eigenvalue weighted by Crippen LogP contribution is -2.27. The predicted octanol–water partition coefficient (Wildman–Crippen LogP) is 7.01. The van der Waals surface area contributed by atoms with Gasteiger partial charge in [0.15, 0.2) is 0 Å². The number of rotatable bonds is 2. The minimum absolute atomic E-state index is 0.496. The number of nitrogens with one attached hydrogen (secondary N) is 2. The van der Waals surface area contributed by atoms with Crippen molar-refractivity contribution in [1.29, 1.82) is 0 Å². The summed E-state index contributed by atoms with van der Waals surface area (Å²) in [6.45, 7) is 16.7. The number of ether oxygens (including phenoxy) is 2. The van der Waals surface area contributed by atoms with Crippen LogP contribution in [0.15, 0.2) is 54.6 Å². The summed E-state index contributed by atoms with van der Waals surface area (Å²) in [5.41, 5.74) is 28.2. The molecular weight excluding hydrogens is 520 g/mol. The molecule has 3 rings (SSSR count). The first kappa shape index (κ1) is 34.4. The highest BCUT2D eigenvalue weighted by molar-refractivity contribution is 5.90. The minimum Gasteiger partial charge on any atom is -0.444 e. The van der Waals surface area contributed by atoms with E-state index in [1.165, 1.54) is 0 Å². The van der Waals surface area contributed by atoms with E-state index in [4.69, 9.17) is 32.4 Å². The topological polar surface area (TPSA) is 181 Å². The first-order chi connectivity index (χ1) is 18.8. The monoisotopic (exact) mass is 566 g/mol. The zero-order valence-corrected chi connectivity index (χ0v) is 25.6. The lowest BCUT2D eigenvalue weighted by molar-refractivity contribution is 0.0624. The van der Waals surface area contributed by atoms with E-state index in [-0.39, 0.29) is 0 Å². The van der Waals surface area contributed by atoms with Gasteiger partial charge in [-0.3, -0.25) is 10.6 Å². The van der Waals surface area contributed by atoms with Gasteiger partial charge in [-0.15, -0.1) is 0 Å². The number of hydrogen-bond donors (Lipinski definition) is 6. The van der Waals surface area contributed by atoms with Crippen molar-refractivity contribution >= 4 is 46.3 Å². The summed E-state index contributed by atoms with van der Waals surface area (Å²) < 4.78 is 10.3. The number of hydrogen-bond acceptors (Lipinski definition) is 8. The average molecular weight is 567 g/mol. The molecule has 224 valence electrons. The SMILES string of the molecule is Cc1ccc(N)c(N)c1.Cc1ccc(N)c(NC(=O)OC(C)(C)C)c1.Cc1ccc(NC(=O)OC(C)(C)C)c(N)c1. The number of carbonyl (C=O) groups is 2. The van der Waals surface area contributed by atoms with Gasteiger partial charge in [0.2, 0.25) is 0 Å². The summed E-state index contributed by atoms with van der Waals surface area (Å²) in [6.07, 6.45) is -0.993. The zero-order chi connectivity index (χ0) is 31.5. The summed E-state index contributed by atoms with van der Waals surface area (Å²) in [7, 11) is 0. The minimum atomic E-state index is -0.511. The van der Waals surface area contributed by atoms with Gasteiger partial charge in [-0.1, -0.05) is 18.2 Å². The Kier molecular flexibility index (Phi) is 12.3. The van der Waals surface area contributed by atoms with Crippen LogP contribution in [-0.2, 0) is 9.47 Å². The van der Waals surface area contributed by atoms with Crippen LogP contribution in [0.1, 0.15) is 58.2 Å². The summed E-state index contributed by atoms with van der Waals surface area (Å²) in [5, 5.41) is 5.23. The third kappa shape index (κ3) is 14.4. The van der Waals surface area contributed by atoms with Crippen LogP contribution in [0.25, 0.3) is 0 Å². The smallest absolute Gasteiger partial charge is 0.412 e. The van der Waals surface area contributed by atoms with E-state index in [0.29, 0.717) is 34.1 Å². The highest BCUT2D eigenvalue weighted by Gasteiger charge is 2.17. The standard InChI is InChI=1S/2C12H18N2O2.C7H10N2/c1-8-5-6-10(9(13)7-8)14-11(15)16-12(2,3)4;1-8-5-6-9(13)10(7-8)14-11(15)16-12(2,3)4;1-5-2-3-6(8)7(9)4-5/h2*5-7H,13H2,1-4H3,(H,14,15);2-4H,8-9H2,1H3. The first-order valence-corrected chi connectivity index (χ1v) is 13.1. The predicted molar refractivity (Wildman–Crippen MR) is 171 cm³/mol. The maximum atomic E-state index is 11.5. The van der Waals surface area contributed by atoms with E-state index in [1.54, 1.807) is 24.3 Å². The first-order valence-electron chi connectivity index (χ1n) is 13.1. The Hall–Kier alpha value is -4.60. The van der Waals surface area contributed by atoms with Crippen molar-refractivity contribution in [2.24, 2.45) is 0 Å². The molecule has 0 aliphatic heterocycles. The number of carbonyl (C=O) groups excluding carboxylic acids is 2. The van der Waals surface area contributed by atoms with Crippen molar-refractivity contribution in [2.45, 2.75) is 73.5 Å². The molecule has 0 fully saturated rings. The maximum absolute atomic E-state index is 11.5. The van der Waals surface area contributed by atoms with Gasteiger partial charge >= 0.3 is 12.2 Å². The zero-order valence-electron chi connectivity index (χ0n) is 25.6. The highest BCUT2D eigenvalue weighted by atomic mass is 16.6. The molecule has 0 saturated heterocycles. The van der Waals surface area contributed by atoms with Crippen LogP contribution in [-0.4, -0.2) is 23.4 Å². The largest absolute Gasteiger partial charge is 0.444 e. The molecule has 10 N–H and O–H groups in total. The van der Waals surface area contributed by atoms with Crippen LogP contribution < -0.4 is 33.6 Å². The quantitative estimate of drug-likeness (QED) is 0.179. The lowest BCUT2D eigenvalue weighted by Gasteiger charge is -2.20. The van der Waals surface area contributed by atoms with Gasteiger partial charge in [0.1, 0.15) is 11.2 Å². The molecule has 3 aromatic carbocycles. The van der Waals surface area contributed by atoms with Gasteiger partial charge in [0.25, 0.3) is 0 Å². The Bertz CT molecular complexity index is 1330. The normalized spacial score (nSPS) is 10.7. The van der Waals surface area contributed by atoms with Crippen LogP contribution >= 0.6 is 0 Å². The molecule has 0 spiro atoms. The lowest BCUT2D eigenvalue weighted by atomic mass is 10.2. The highest BCUT2D eigenvalue weighted by Crippen LogP contribution is 2.21. The fourth-order valence-electron chi connectivity index (χ4n) is 3.10. The van der Waals surface area contributed by atoms with Crippen LogP contribution in [0.4, 0.5) is 43.7 Å². The number of benzene rings is 3. The van der Waals surface area contributed by atoms with Crippen LogP contribution in [0.5, 0.6) is 0 Å². The Labute approximate surface area is 243 Å². The number of amides is 2. The fraction of sp³-hybridized carbons (Fsp3) is 0.355. The molecule has 2 amide bonds. The number of nitrogens with two attached hydrogens (primary N) is 4. The van der Waals surface area contributed by atoms with Gasteiger partial charge in [-0.25, -0.2) is 9.59 Å². The van der Waals surface area contributed by atoms with Crippen molar-refractivity contribution in [3.05, 3.63) is 71.3 Å². The molecule has 0 aromatic heterocycles. The van der Waals surface area contributed by atoms with E-state index in [0.717, 1.165) is 16.7 Å². The van der Waals surface area contributed by atoms with Crippen molar-refractivity contribution in [2.75, 3.05) is 33.6 Å². The molecular formula is C31H46N6O4. The molecule has 0 heterocycles. The maximum Gasteiger partial charge on any atom is 0.412 e.